The summed E-state index contributed by atoms with van der Waals surface area (Å²) in [6.07, 6.45) is 3.83. The molecule has 2 saturated carbocycles. The van der Waals surface area contributed by atoms with Crippen molar-refractivity contribution >= 4 is 16.7 Å². The second-order valence-electron chi connectivity index (χ2n) is 11.4. The first kappa shape index (κ1) is 21.5. The molecule has 6 heteroatoms. The highest BCUT2D eigenvalue weighted by Gasteiger charge is 2.70. The van der Waals surface area contributed by atoms with Gasteiger partial charge < -0.3 is 25.0 Å². The summed E-state index contributed by atoms with van der Waals surface area (Å²) in [5.41, 5.74) is 0.813. The van der Waals surface area contributed by atoms with Crippen LogP contribution in [-0.2, 0) is 21.4 Å². The number of nitrogens with one attached hydrogen (secondary N) is 1. The van der Waals surface area contributed by atoms with Gasteiger partial charge in [0.05, 0.1) is 18.3 Å². The highest BCUT2D eigenvalue weighted by Crippen LogP contribution is 2.69. The van der Waals surface area contributed by atoms with E-state index in [2.05, 4.69) is 37.0 Å². The van der Waals surface area contributed by atoms with Crippen molar-refractivity contribution in [2.75, 3.05) is 6.61 Å². The number of carbonyl (C=O) groups excluding carboxylic acids is 1. The minimum Gasteiger partial charge on any atom is -0.393 e. The van der Waals surface area contributed by atoms with Gasteiger partial charge in [-0.15, -0.1) is 0 Å². The molecule has 0 amide bonds. The molecule has 0 radical (unpaired) electrons. The van der Waals surface area contributed by atoms with Gasteiger partial charge in [0.1, 0.15) is 5.60 Å². The fraction of sp³-hybridized carbons (Fsp3) is 0.593. The molecule has 0 unspecified atom stereocenters. The molecule has 176 valence electrons. The molecule has 3 aliphatic carbocycles. The van der Waals surface area contributed by atoms with Crippen molar-refractivity contribution in [3.05, 3.63) is 47.2 Å². The standard InChI is InChI=1S/C27H33NO5/c1-24(31,14-29)23-20(30)13-18-21(33-23)9-10-25(2)26(3)15(8-11-27(18,25)32)12-17-16-6-4-5-7-19(16)28-22(17)26/h4-7,13,15,21,23,28-29,31-32H,8-12,14H2,1-3H3/t15-,21-,23-,24-,25+,26+,27+/m0/s1. The van der Waals surface area contributed by atoms with Crippen molar-refractivity contribution in [2.45, 2.75) is 81.7 Å². The van der Waals surface area contributed by atoms with Crippen LogP contribution in [0.25, 0.3) is 10.9 Å². The molecule has 7 atom stereocenters. The van der Waals surface area contributed by atoms with Crippen LogP contribution in [0.3, 0.4) is 0 Å². The van der Waals surface area contributed by atoms with Gasteiger partial charge in [0.25, 0.3) is 0 Å². The minimum absolute atomic E-state index is 0.267. The number of ether oxygens (including phenoxy) is 1. The highest BCUT2D eigenvalue weighted by molar-refractivity contribution is 5.96. The Balaban J connectivity index is 1.48. The molecule has 4 N–H and O–H groups in total. The van der Waals surface area contributed by atoms with Gasteiger partial charge in [-0.3, -0.25) is 4.79 Å². The van der Waals surface area contributed by atoms with Crippen LogP contribution in [0.5, 0.6) is 0 Å². The quantitative estimate of drug-likeness (QED) is 0.562. The minimum atomic E-state index is -1.66. The van der Waals surface area contributed by atoms with Crippen LogP contribution in [0, 0.1) is 11.3 Å². The second-order valence-corrected chi connectivity index (χ2v) is 11.4. The number of benzene rings is 1. The average Bonchev–Trinajstić information content (AvgIpc) is 3.30. The summed E-state index contributed by atoms with van der Waals surface area (Å²) in [4.78, 5) is 16.7. The van der Waals surface area contributed by atoms with E-state index in [-0.39, 0.29) is 11.2 Å². The molecule has 0 bridgehead atoms. The van der Waals surface area contributed by atoms with Crippen LogP contribution < -0.4 is 0 Å². The molecule has 33 heavy (non-hydrogen) atoms. The molecular weight excluding hydrogens is 418 g/mol. The smallest absolute Gasteiger partial charge is 0.187 e. The number of hydrogen-bond donors (Lipinski definition) is 4. The van der Waals surface area contributed by atoms with Crippen molar-refractivity contribution in [2.24, 2.45) is 11.3 Å². The lowest BCUT2D eigenvalue weighted by atomic mass is 9.42. The lowest BCUT2D eigenvalue weighted by molar-refractivity contribution is -0.200. The number of aliphatic hydroxyl groups excluding tert-OH is 1. The van der Waals surface area contributed by atoms with E-state index in [1.54, 1.807) is 0 Å². The topological polar surface area (TPSA) is 103 Å². The lowest BCUT2D eigenvalue weighted by Crippen LogP contribution is -2.68. The number of fused-ring (bicyclic) bond motifs is 9. The zero-order valence-electron chi connectivity index (χ0n) is 19.5. The number of aliphatic hydroxyl groups is 3. The second kappa shape index (κ2) is 6.57. The molecule has 4 aliphatic rings. The highest BCUT2D eigenvalue weighted by atomic mass is 16.5. The molecule has 0 spiro atoms. The Kier molecular flexibility index (Phi) is 4.29. The van der Waals surface area contributed by atoms with Gasteiger partial charge in [0, 0.05) is 27.4 Å². The van der Waals surface area contributed by atoms with Gasteiger partial charge in [-0.1, -0.05) is 32.0 Å². The molecule has 6 rings (SSSR count). The predicted molar refractivity (Wildman–Crippen MR) is 124 cm³/mol. The van der Waals surface area contributed by atoms with Crippen LogP contribution in [0.4, 0.5) is 0 Å². The van der Waals surface area contributed by atoms with E-state index in [9.17, 15) is 20.1 Å². The van der Waals surface area contributed by atoms with Crippen molar-refractivity contribution in [1.82, 2.24) is 4.98 Å². The first-order chi connectivity index (χ1) is 15.6. The Hall–Kier alpha value is -1.99. The molecule has 2 aromatic rings. The molecule has 1 aromatic carbocycles. The zero-order chi connectivity index (χ0) is 23.4. The van der Waals surface area contributed by atoms with Crippen molar-refractivity contribution in [3.8, 4) is 0 Å². The number of rotatable bonds is 2. The zero-order valence-corrected chi connectivity index (χ0v) is 19.5. The number of para-hydroxylation sites is 1. The van der Waals surface area contributed by atoms with Gasteiger partial charge in [-0.05, 0) is 68.2 Å². The largest absolute Gasteiger partial charge is 0.393 e. The van der Waals surface area contributed by atoms with Crippen LogP contribution in [0.2, 0.25) is 0 Å². The Bertz CT molecular complexity index is 1200. The van der Waals surface area contributed by atoms with Crippen molar-refractivity contribution in [3.63, 3.8) is 0 Å². The van der Waals surface area contributed by atoms with E-state index < -0.39 is 35.4 Å². The number of aromatic nitrogens is 1. The third-order valence-corrected chi connectivity index (χ3v) is 9.99. The number of ketones is 1. The third kappa shape index (κ3) is 2.45. The maximum atomic E-state index is 13.0. The molecule has 2 fully saturated rings. The summed E-state index contributed by atoms with van der Waals surface area (Å²) in [5.74, 6) is 0.0387. The lowest BCUT2D eigenvalue weighted by Gasteiger charge is -2.64. The van der Waals surface area contributed by atoms with Gasteiger partial charge in [0.2, 0.25) is 0 Å². The van der Waals surface area contributed by atoms with E-state index in [1.807, 2.05) is 6.07 Å². The van der Waals surface area contributed by atoms with Crippen LogP contribution in [-0.4, -0.2) is 56.1 Å². The monoisotopic (exact) mass is 451 g/mol. The molecule has 2 heterocycles. The Labute approximate surface area is 193 Å². The maximum absolute atomic E-state index is 13.0. The first-order valence-corrected chi connectivity index (χ1v) is 12.1. The molecular formula is C27H33NO5. The summed E-state index contributed by atoms with van der Waals surface area (Å²) >= 11 is 0. The average molecular weight is 452 g/mol. The Morgan fingerprint density at radius 3 is 2.73 bits per heavy atom. The number of carbonyl (C=O) groups is 1. The Morgan fingerprint density at radius 2 is 1.97 bits per heavy atom. The summed E-state index contributed by atoms with van der Waals surface area (Å²) in [5, 5.41) is 33.7. The molecule has 1 aromatic heterocycles. The van der Waals surface area contributed by atoms with Crippen LogP contribution in [0.1, 0.15) is 57.7 Å². The predicted octanol–water partition coefficient (Wildman–Crippen LogP) is 2.93. The van der Waals surface area contributed by atoms with Gasteiger partial charge >= 0.3 is 0 Å². The van der Waals surface area contributed by atoms with E-state index in [4.69, 9.17) is 4.74 Å². The summed E-state index contributed by atoms with van der Waals surface area (Å²) in [6, 6.07) is 8.42. The molecule has 6 nitrogen and oxygen atoms in total. The van der Waals surface area contributed by atoms with E-state index >= 15 is 0 Å². The fourth-order valence-corrected chi connectivity index (χ4v) is 7.84. The summed E-state index contributed by atoms with van der Waals surface area (Å²) < 4.78 is 6.08. The van der Waals surface area contributed by atoms with Crippen molar-refractivity contribution in [1.29, 1.82) is 0 Å². The molecule has 0 saturated heterocycles. The summed E-state index contributed by atoms with van der Waals surface area (Å²) in [6.45, 7) is 5.34. The van der Waals surface area contributed by atoms with Crippen LogP contribution >= 0.6 is 0 Å². The number of H-pyrrole nitrogens is 1. The maximum Gasteiger partial charge on any atom is 0.187 e. The molecule has 1 aliphatic heterocycles. The SMILES string of the molecule is C[C@]12CC[C@@H]3O[C@H]([C@@](C)(O)CO)C(=O)C=C3[C@]1(O)CC[C@H]1Cc3c([nH]c4ccccc34)[C@@]12C. The van der Waals surface area contributed by atoms with E-state index in [0.29, 0.717) is 24.3 Å². The summed E-state index contributed by atoms with van der Waals surface area (Å²) in [7, 11) is 0. The number of hydrogen-bond acceptors (Lipinski definition) is 5. The van der Waals surface area contributed by atoms with Crippen molar-refractivity contribution < 1.29 is 24.9 Å². The van der Waals surface area contributed by atoms with Gasteiger partial charge in [0.15, 0.2) is 11.9 Å². The normalized spacial score (nSPS) is 41.6. The van der Waals surface area contributed by atoms with Crippen LogP contribution in [0.15, 0.2) is 35.9 Å². The van der Waals surface area contributed by atoms with Gasteiger partial charge in [-0.2, -0.15) is 0 Å². The fourth-order valence-electron chi connectivity index (χ4n) is 7.84. The Morgan fingerprint density at radius 1 is 1.21 bits per heavy atom. The van der Waals surface area contributed by atoms with Gasteiger partial charge in [-0.25, -0.2) is 0 Å². The van der Waals surface area contributed by atoms with E-state index in [0.717, 1.165) is 24.8 Å². The first-order valence-electron chi connectivity index (χ1n) is 12.1. The third-order valence-electron chi connectivity index (χ3n) is 9.99. The van der Waals surface area contributed by atoms with E-state index in [1.165, 1.54) is 29.6 Å². The number of aromatic amines is 1.